The highest BCUT2D eigenvalue weighted by atomic mass is 16.5. The van der Waals surface area contributed by atoms with Gasteiger partial charge in [-0.2, -0.15) is 4.98 Å². The molecule has 1 atom stereocenters. The van der Waals surface area contributed by atoms with Crippen molar-refractivity contribution in [3.05, 3.63) is 35.7 Å². The third-order valence-corrected chi connectivity index (χ3v) is 2.57. The van der Waals surface area contributed by atoms with E-state index in [1.54, 1.807) is 13.0 Å². The number of hydrogen-bond donors (Lipinski definition) is 2. The Morgan fingerprint density at radius 2 is 2.37 bits per heavy atom. The van der Waals surface area contributed by atoms with Gasteiger partial charge in [0.15, 0.2) is 11.5 Å². The molecule has 0 fully saturated rings. The molecule has 0 radical (unpaired) electrons. The SMILES string of the molecule is CC[C@@H](NC(=O)c1ncccc1O)c1noc(C)n1. The zero-order chi connectivity index (χ0) is 13.8. The van der Waals surface area contributed by atoms with Crippen molar-refractivity contribution in [2.75, 3.05) is 0 Å². The summed E-state index contributed by atoms with van der Waals surface area (Å²) in [4.78, 5) is 19.9. The number of amides is 1. The molecule has 2 heterocycles. The fourth-order valence-electron chi connectivity index (χ4n) is 1.60. The molecule has 2 rings (SSSR count). The van der Waals surface area contributed by atoms with Crippen molar-refractivity contribution in [2.45, 2.75) is 26.3 Å². The molecule has 0 aliphatic rings. The van der Waals surface area contributed by atoms with Gasteiger partial charge >= 0.3 is 0 Å². The average molecular weight is 262 g/mol. The van der Waals surface area contributed by atoms with Crippen LogP contribution in [-0.2, 0) is 0 Å². The fraction of sp³-hybridized carbons (Fsp3) is 0.333. The maximum Gasteiger partial charge on any atom is 0.274 e. The largest absolute Gasteiger partial charge is 0.505 e. The monoisotopic (exact) mass is 262 g/mol. The van der Waals surface area contributed by atoms with Gasteiger partial charge in [-0.05, 0) is 18.6 Å². The molecule has 19 heavy (non-hydrogen) atoms. The fourth-order valence-corrected chi connectivity index (χ4v) is 1.60. The number of carbonyl (C=O) groups is 1. The lowest BCUT2D eigenvalue weighted by Gasteiger charge is -2.13. The minimum Gasteiger partial charge on any atom is -0.505 e. The van der Waals surface area contributed by atoms with E-state index >= 15 is 0 Å². The number of nitrogens with zero attached hydrogens (tertiary/aromatic N) is 3. The van der Waals surface area contributed by atoms with E-state index in [1.165, 1.54) is 12.3 Å². The molecule has 2 aromatic heterocycles. The highest BCUT2D eigenvalue weighted by Gasteiger charge is 2.21. The molecule has 0 saturated heterocycles. The Bertz CT molecular complexity index is 582. The van der Waals surface area contributed by atoms with Gasteiger partial charge in [0.05, 0.1) is 6.04 Å². The number of rotatable bonds is 4. The van der Waals surface area contributed by atoms with E-state index in [4.69, 9.17) is 4.52 Å². The Kier molecular flexibility index (Phi) is 3.74. The first-order valence-electron chi connectivity index (χ1n) is 5.87. The maximum atomic E-state index is 12.0. The normalized spacial score (nSPS) is 12.1. The van der Waals surface area contributed by atoms with Crippen LogP contribution in [-0.4, -0.2) is 26.1 Å². The Morgan fingerprint density at radius 3 is 2.95 bits per heavy atom. The van der Waals surface area contributed by atoms with Crippen LogP contribution in [0.1, 0.15) is 41.6 Å². The van der Waals surface area contributed by atoms with Crippen molar-refractivity contribution in [1.29, 1.82) is 0 Å². The summed E-state index contributed by atoms with van der Waals surface area (Å²) in [5.41, 5.74) is -0.0267. The van der Waals surface area contributed by atoms with Crippen molar-refractivity contribution < 1.29 is 14.4 Å². The molecule has 0 unspecified atom stereocenters. The van der Waals surface area contributed by atoms with Gasteiger partial charge in [0.2, 0.25) is 5.89 Å². The highest BCUT2D eigenvalue weighted by molar-refractivity contribution is 5.94. The second-order valence-corrected chi connectivity index (χ2v) is 3.98. The van der Waals surface area contributed by atoms with Gasteiger partial charge in [-0.25, -0.2) is 4.98 Å². The Labute approximate surface area is 109 Å². The third-order valence-electron chi connectivity index (χ3n) is 2.57. The van der Waals surface area contributed by atoms with Crippen LogP contribution in [0.2, 0.25) is 0 Å². The van der Waals surface area contributed by atoms with Crippen LogP contribution in [0.4, 0.5) is 0 Å². The lowest BCUT2D eigenvalue weighted by atomic mass is 10.2. The average Bonchev–Trinajstić information content (AvgIpc) is 2.82. The van der Waals surface area contributed by atoms with Gasteiger partial charge in [0.1, 0.15) is 5.75 Å². The molecule has 0 aromatic carbocycles. The van der Waals surface area contributed by atoms with E-state index in [0.717, 1.165) is 0 Å². The molecule has 0 saturated carbocycles. The van der Waals surface area contributed by atoms with Crippen molar-refractivity contribution in [2.24, 2.45) is 0 Å². The zero-order valence-electron chi connectivity index (χ0n) is 10.6. The molecule has 2 aromatic rings. The summed E-state index contributed by atoms with van der Waals surface area (Å²) >= 11 is 0. The number of aromatic hydroxyl groups is 1. The van der Waals surface area contributed by atoms with E-state index in [2.05, 4.69) is 20.4 Å². The van der Waals surface area contributed by atoms with Crippen LogP contribution in [0.5, 0.6) is 5.75 Å². The summed E-state index contributed by atoms with van der Waals surface area (Å²) < 4.78 is 4.88. The van der Waals surface area contributed by atoms with Crippen LogP contribution in [0, 0.1) is 6.92 Å². The minimum atomic E-state index is -0.479. The highest BCUT2D eigenvalue weighted by Crippen LogP contribution is 2.17. The smallest absolute Gasteiger partial charge is 0.274 e. The first-order chi connectivity index (χ1) is 9.11. The van der Waals surface area contributed by atoms with Crippen LogP contribution in [0.15, 0.2) is 22.9 Å². The van der Waals surface area contributed by atoms with Gasteiger partial charge in [-0.1, -0.05) is 12.1 Å². The van der Waals surface area contributed by atoms with Gasteiger partial charge < -0.3 is 14.9 Å². The molecule has 7 nitrogen and oxygen atoms in total. The predicted octanol–water partition coefficient (Wildman–Crippen LogP) is 1.36. The van der Waals surface area contributed by atoms with Crippen molar-refractivity contribution in [1.82, 2.24) is 20.4 Å². The summed E-state index contributed by atoms with van der Waals surface area (Å²) in [6, 6.07) is 2.57. The number of aromatic nitrogens is 3. The molecule has 100 valence electrons. The summed E-state index contributed by atoms with van der Waals surface area (Å²) in [7, 11) is 0. The number of hydrogen-bond acceptors (Lipinski definition) is 6. The zero-order valence-corrected chi connectivity index (χ0v) is 10.6. The summed E-state index contributed by atoms with van der Waals surface area (Å²) in [5, 5.41) is 16.0. The van der Waals surface area contributed by atoms with Crippen molar-refractivity contribution >= 4 is 5.91 Å². The first-order valence-corrected chi connectivity index (χ1v) is 5.87. The second kappa shape index (κ2) is 5.47. The Balaban J connectivity index is 2.15. The first kappa shape index (κ1) is 13.0. The van der Waals surface area contributed by atoms with E-state index < -0.39 is 5.91 Å². The third kappa shape index (κ3) is 2.87. The number of nitrogens with one attached hydrogen (secondary N) is 1. The molecule has 0 aliphatic carbocycles. The van der Waals surface area contributed by atoms with Crippen LogP contribution in [0.25, 0.3) is 0 Å². The van der Waals surface area contributed by atoms with Crippen LogP contribution < -0.4 is 5.32 Å². The van der Waals surface area contributed by atoms with E-state index in [1.807, 2.05) is 6.92 Å². The molecule has 2 N–H and O–H groups in total. The molecular formula is C12H14N4O3. The maximum absolute atomic E-state index is 12.0. The second-order valence-electron chi connectivity index (χ2n) is 3.98. The summed E-state index contributed by atoms with van der Waals surface area (Å²) in [5.74, 6) is 0.193. The van der Waals surface area contributed by atoms with Crippen molar-refractivity contribution in [3.8, 4) is 5.75 Å². The van der Waals surface area contributed by atoms with Gasteiger partial charge in [-0.15, -0.1) is 0 Å². The van der Waals surface area contributed by atoms with Crippen molar-refractivity contribution in [3.63, 3.8) is 0 Å². The Hall–Kier alpha value is -2.44. The lowest BCUT2D eigenvalue weighted by Crippen LogP contribution is -2.29. The van der Waals surface area contributed by atoms with Crippen LogP contribution in [0.3, 0.4) is 0 Å². The molecule has 0 bridgehead atoms. The topological polar surface area (TPSA) is 101 Å². The number of aryl methyl sites for hydroxylation is 1. The molecule has 7 heteroatoms. The quantitative estimate of drug-likeness (QED) is 0.862. The molecule has 0 aliphatic heterocycles. The van der Waals surface area contributed by atoms with Gasteiger partial charge in [0.25, 0.3) is 5.91 Å². The predicted molar refractivity (Wildman–Crippen MR) is 65.4 cm³/mol. The summed E-state index contributed by atoms with van der Waals surface area (Å²) in [6.07, 6.45) is 2.03. The van der Waals surface area contributed by atoms with E-state index in [0.29, 0.717) is 18.1 Å². The van der Waals surface area contributed by atoms with E-state index in [-0.39, 0.29) is 17.5 Å². The molecular weight excluding hydrogens is 248 g/mol. The summed E-state index contributed by atoms with van der Waals surface area (Å²) in [6.45, 7) is 3.56. The standard InChI is InChI=1S/C12H14N4O3/c1-3-8(11-14-7(2)19-16-11)15-12(18)10-9(17)5-4-6-13-10/h4-6,8,17H,3H2,1-2H3,(H,15,18)/t8-/m1/s1. The minimum absolute atomic E-state index is 0.0267. The Morgan fingerprint density at radius 1 is 1.58 bits per heavy atom. The lowest BCUT2D eigenvalue weighted by molar-refractivity contribution is 0.0925. The number of carbonyl (C=O) groups excluding carboxylic acids is 1. The van der Waals surface area contributed by atoms with Gasteiger partial charge in [-0.3, -0.25) is 4.79 Å². The van der Waals surface area contributed by atoms with Gasteiger partial charge in [0, 0.05) is 13.1 Å². The van der Waals surface area contributed by atoms with Crippen LogP contribution >= 0.6 is 0 Å². The van der Waals surface area contributed by atoms with E-state index in [9.17, 15) is 9.90 Å². The number of pyridine rings is 1. The molecule has 1 amide bonds. The molecule has 0 spiro atoms.